The zero-order chi connectivity index (χ0) is 16.1. The fraction of sp³-hybridized carbons (Fsp3) is 0.333. The highest BCUT2D eigenvalue weighted by atomic mass is 32.2. The maximum absolute atomic E-state index is 5.31. The maximum atomic E-state index is 5.31. The fourth-order valence-electron chi connectivity index (χ4n) is 1.93. The normalized spacial score (nSPS) is 10.9. The van der Waals surface area contributed by atoms with Crippen molar-refractivity contribution in [2.24, 2.45) is 0 Å². The van der Waals surface area contributed by atoms with Crippen LogP contribution in [0.3, 0.4) is 0 Å². The molecule has 0 unspecified atom stereocenters. The van der Waals surface area contributed by atoms with Gasteiger partial charge in [0.15, 0.2) is 4.34 Å². The highest BCUT2D eigenvalue weighted by Crippen LogP contribution is 2.28. The van der Waals surface area contributed by atoms with Crippen molar-refractivity contribution in [1.82, 2.24) is 20.3 Å². The molecule has 3 rings (SSSR count). The summed E-state index contributed by atoms with van der Waals surface area (Å²) in [5.74, 6) is 1.79. The number of thioether (sulfide) groups is 1. The minimum atomic E-state index is 0.584. The van der Waals surface area contributed by atoms with Crippen molar-refractivity contribution < 1.29 is 4.52 Å². The van der Waals surface area contributed by atoms with E-state index < -0.39 is 0 Å². The monoisotopic (exact) mass is 347 g/mol. The molecule has 120 valence electrons. The summed E-state index contributed by atoms with van der Waals surface area (Å²) in [4.78, 5) is 4.44. The first-order chi connectivity index (χ1) is 11.3. The molecule has 0 aliphatic heterocycles. The molecule has 3 aromatic rings. The van der Waals surface area contributed by atoms with Crippen LogP contribution in [0.15, 0.2) is 33.1 Å². The van der Waals surface area contributed by atoms with Crippen LogP contribution in [0.4, 0.5) is 5.13 Å². The van der Waals surface area contributed by atoms with Gasteiger partial charge in [-0.15, -0.1) is 10.2 Å². The molecule has 0 saturated heterocycles. The summed E-state index contributed by atoms with van der Waals surface area (Å²) in [6.45, 7) is 5.00. The van der Waals surface area contributed by atoms with Crippen molar-refractivity contribution in [1.29, 1.82) is 0 Å². The van der Waals surface area contributed by atoms with Crippen LogP contribution in [0.2, 0.25) is 0 Å². The van der Waals surface area contributed by atoms with Crippen LogP contribution in [-0.4, -0.2) is 26.9 Å². The number of nitrogens with one attached hydrogen (secondary N) is 1. The lowest BCUT2D eigenvalue weighted by atomic mass is 10.1. The first kappa shape index (κ1) is 15.9. The molecule has 23 heavy (non-hydrogen) atoms. The van der Waals surface area contributed by atoms with Gasteiger partial charge >= 0.3 is 0 Å². The van der Waals surface area contributed by atoms with Crippen LogP contribution in [0.5, 0.6) is 0 Å². The average Bonchev–Trinajstić information content (AvgIpc) is 3.23. The van der Waals surface area contributed by atoms with Gasteiger partial charge in [-0.05, 0) is 18.9 Å². The van der Waals surface area contributed by atoms with E-state index in [1.807, 2.05) is 19.1 Å². The van der Waals surface area contributed by atoms with Crippen molar-refractivity contribution in [2.75, 3.05) is 11.9 Å². The van der Waals surface area contributed by atoms with E-state index in [1.165, 1.54) is 16.9 Å². The Morgan fingerprint density at radius 3 is 2.74 bits per heavy atom. The zero-order valence-electron chi connectivity index (χ0n) is 12.9. The Hall–Kier alpha value is -1.93. The second-order valence-electron chi connectivity index (χ2n) is 4.75. The Morgan fingerprint density at radius 1 is 1.17 bits per heavy atom. The Morgan fingerprint density at radius 2 is 2.00 bits per heavy atom. The molecule has 6 nitrogen and oxygen atoms in total. The van der Waals surface area contributed by atoms with E-state index in [0.29, 0.717) is 17.5 Å². The first-order valence-corrected chi connectivity index (χ1v) is 9.20. The molecular formula is C15H17N5OS2. The van der Waals surface area contributed by atoms with Gasteiger partial charge in [-0.25, -0.2) is 0 Å². The highest BCUT2D eigenvalue weighted by molar-refractivity contribution is 8.00. The molecule has 0 amide bonds. The van der Waals surface area contributed by atoms with Gasteiger partial charge in [0.2, 0.25) is 16.8 Å². The number of rotatable bonds is 7. The second-order valence-corrected chi connectivity index (χ2v) is 6.95. The largest absolute Gasteiger partial charge is 0.360 e. The molecule has 2 aromatic heterocycles. The molecule has 1 aromatic carbocycles. The van der Waals surface area contributed by atoms with Gasteiger partial charge < -0.3 is 9.84 Å². The van der Waals surface area contributed by atoms with Crippen molar-refractivity contribution in [3.63, 3.8) is 0 Å². The molecule has 0 atom stereocenters. The van der Waals surface area contributed by atoms with Crippen LogP contribution >= 0.6 is 23.1 Å². The topological polar surface area (TPSA) is 76.7 Å². The first-order valence-electron chi connectivity index (χ1n) is 7.40. The van der Waals surface area contributed by atoms with E-state index in [-0.39, 0.29) is 0 Å². The summed E-state index contributed by atoms with van der Waals surface area (Å²) >= 11 is 3.07. The molecule has 0 saturated carbocycles. The van der Waals surface area contributed by atoms with Crippen LogP contribution < -0.4 is 5.32 Å². The van der Waals surface area contributed by atoms with Crippen molar-refractivity contribution in [3.8, 4) is 11.4 Å². The molecule has 0 radical (unpaired) electrons. The Kier molecular flexibility index (Phi) is 5.24. The van der Waals surface area contributed by atoms with Crippen molar-refractivity contribution in [2.45, 2.75) is 30.4 Å². The summed E-state index contributed by atoms with van der Waals surface area (Å²) in [5.41, 5.74) is 2.26. The minimum absolute atomic E-state index is 0.584. The Bertz CT molecular complexity index is 753. The fourth-order valence-corrected chi connectivity index (χ4v) is 3.59. The summed E-state index contributed by atoms with van der Waals surface area (Å²) in [5, 5.41) is 16.2. The van der Waals surface area contributed by atoms with Crippen LogP contribution in [0.1, 0.15) is 25.3 Å². The van der Waals surface area contributed by atoms with Gasteiger partial charge in [0, 0.05) is 12.1 Å². The van der Waals surface area contributed by atoms with Gasteiger partial charge in [-0.2, -0.15) is 4.98 Å². The number of aryl methyl sites for hydroxylation is 1. The Balaban J connectivity index is 1.62. The van der Waals surface area contributed by atoms with Gasteiger partial charge in [0.25, 0.3) is 0 Å². The van der Waals surface area contributed by atoms with Crippen LogP contribution in [0, 0.1) is 0 Å². The third kappa shape index (κ3) is 4.08. The molecule has 2 heterocycles. The molecule has 0 fully saturated rings. The lowest BCUT2D eigenvalue weighted by Gasteiger charge is -1.97. The number of benzene rings is 1. The molecule has 0 aliphatic carbocycles. The maximum Gasteiger partial charge on any atom is 0.237 e. The van der Waals surface area contributed by atoms with Crippen molar-refractivity contribution in [3.05, 3.63) is 35.7 Å². The predicted molar refractivity (Wildman–Crippen MR) is 92.7 cm³/mol. The minimum Gasteiger partial charge on any atom is -0.360 e. The molecule has 8 heteroatoms. The van der Waals surface area contributed by atoms with Gasteiger partial charge in [0.05, 0.1) is 5.75 Å². The molecule has 0 aliphatic rings. The predicted octanol–water partition coefficient (Wildman–Crippen LogP) is 3.87. The summed E-state index contributed by atoms with van der Waals surface area (Å²) in [6.07, 6.45) is 1.02. The lowest BCUT2D eigenvalue weighted by Crippen LogP contribution is -1.94. The zero-order valence-corrected chi connectivity index (χ0v) is 14.6. The third-order valence-electron chi connectivity index (χ3n) is 3.14. The van der Waals surface area contributed by atoms with E-state index in [0.717, 1.165) is 28.0 Å². The summed E-state index contributed by atoms with van der Waals surface area (Å²) in [7, 11) is 0. The number of anilines is 1. The van der Waals surface area contributed by atoms with Gasteiger partial charge in [0.1, 0.15) is 0 Å². The van der Waals surface area contributed by atoms with Crippen LogP contribution in [-0.2, 0) is 12.2 Å². The van der Waals surface area contributed by atoms with E-state index in [9.17, 15) is 0 Å². The number of nitrogens with zero attached hydrogens (tertiary/aromatic N) is 4. The van der Waals surface area contributed by atoms with Gasteiger partial charge in [-0.3, -0.25) is 0 Å². The second kappa shape index (κ2) is 7.56. The lowest BCUT2D eigenvalue weighted by molar-refractivity contribution is 0.391. The number of hydrogen-bond donors (Lipinski definition) is 1. The molecule has 0 spiro atoms. The smallest absolute Gasteiger partial charge is 0.237 e. The van der Waals surface area contributed by atoms with E-state index in [4.69, 9.17) is 4.52 Å². The van der Waals surface area contributed by atoms with Crippen LogP contribution in [0.25, 0.3) is 11.4 Å². The average molecular weight is 347 g/mol. The van der Waals surface area contributed by atoms with E-state index in [1.54, 1.807) is 11.8 Å². The quantitative estimate of drug-likeness (QED) is 0.650. The third-order valence-corrected chi connectivity index (χ3v) is 5.14. The van der Waals surface area contributed by atoms with Gasteiger partial charge in [-0.1, -0.05) is 59.4 Å². The highest BCUT2D eigenvalue weighted by Gasteiger charge is 2.11. The SMILES string of the molecule is CCNc1nnc(SCc2nc(-c3ccc(CC)cc3)no2)s1. The van der Waals surface area contributed by atoms with Crippen molar-refractivity contribution >= 4 is 28.2 Å². The molecule has 0 bridgehead atoms. The van der Waals surface area contributed by atoms with E-state index in [2.05, 4.69) is 44.7 Å². The summed E-state index contributed by atoms with van der Waals surface area (Å²) in [6, 6.07) is 8.22. The number of hydrogen-bond acceptors (Lipinski definition) is 8. The summed E-state index contributed by atoms with van der Waals surface area (Å²) < 4.78 is 6.19. The standard InChI is InChI=1S/C15H17N5OS2/c1-3-10-5-7-11(8-6-10)13-17-12(21-20-13)9-22-15-19-18-14(23-15)16-4-2/h5-8H,3-4,9H2,1-2H3,(H,16,18). The number of aromatic nitrogens is 4. The molecular weight excluding hydrogens is 330 g/mol. The Labute approximate surface area is 142 Å². The molecule has 1 N–H and O–H groups in total. The van der Waals surface area contributed by atoms with E-state index >= 15 is 0 Å².